The van der Waals surface area contributed by atoms with Gasteiger partial charge in [-0.3, -0.25) is 4.99 Å². The Morgan fingerprint density at radius 2 is 2.00 bits per heavy atom. The van der Waals surface area contributed by atoms with Gasteiger partial charge in [-0.1, -0.05) is 18.5 Å². The van der Waals surface area contributed by atoms with Crippen molar-refractivity contribution < 1.29 is 4.74 Å². The zero-order valence-electron chi connectivity index (χ0n) is 13.6. The normalized spacial score (nSPS) is 16.2. The topological polar surface area (TPSA) is 45.7 Å². The molecule has 1 aliphatic heterocycles. The van der Waals surface area contributed by atoms with Gasteiger partial charge in [0.1, 0.15) is 0 Å². The standard InChI is InChI=1S/C16H24ClN3OS.HI/c1-3-18-15(20-10-16(2)11-21-12-16)19-8-9-22-14-6-4-13(17)5-7-14;/h4-7H,3,8-12H2,1-2H3,(H2,18,19,20);1H. The van der Waals surface area contributed by atoms with Gasteiger partial charge in [-0.2, -0.15) is 0 Å². The Kier molecular flexibility index (Phi) is 9.65. The van der Waals surface area contributed by atoms with E-state index in [9.17, 15) is 0 Å². The molecule has 0 amide bonds. The lowest BCUT2D eigenvalue weighted by atomic mass is 9.89. The third-order valence-electron chi connectivity index (χ3n) is 3.34. The summed E-state index contributed by atoms with van der Waals surface area (Å²) in [6, 6.07) is 7.93. The monoisotopic (exact) mass is 469 g/mol. The van der Waals surface area contributed by atoms with Crippen LogP contribution in [0.15, 0.2) is 34.2 Å². The SMILES string of the molecule is CCNC(=NCC1(C)COC1)NCCSc1ccc(Cl)cc1.I. The van der Waals surface area contributed by atoms with Crippen molar-refractivity contribution in [1.29, 1.82) is 0 Å². The maximum atomic E-state index is 5.88. The lowest BCUT2D eigenvalue weighted by Crippen LogP contribution is -2.44. The van der Waals surface area contributed by atoms with Gasteiger partial charge in [-0.25, -0.2) is 0 Å². The van der Waals surface area contributed by atoms with Crippen molar-refractivity contribution in [3.05, 3.63) is 29.3 Å². The van der Waals surface area contributed by atoms with Crippen LogP contribution >= 0.6 is 47.3 Å². The van der Waals surface area contributed by atoms with Crippen molar-refractivity contribution in [3.63, 3.8) is 0 Å². The highest BCUT2D eigenvalue weighted by Gasteiger charge is 2.33. The second-order valence-electron chi connectivity index (χ2n) is 5.73. The lowest BCUT2D eigenvalue weighted by molar-refractivity contribution is -0.0945. The first kappa shape index (κ1) is 20.9. The number of hydrogen-bond donors (Lipinski definition) is 2. The fourth-order valence-electron chi connectivity index (χ4n) is 2.02. The molecule has 1 heterocycles. The maximum Gasteiger partial charge on any atom is 0.191 e. The quantitative estimate of drug-likeness (QED) is 0.210. The van der Waals surface area contributed by atoms with Crippen LogP contribution in [0.4, 0.5) is 0 Å². The molecule has 130 valence electrons. The van der Waals surface area contributed by atoms with E-state index >= 15 is 0 Å². The van der Waals surface area contributed by atoms with Crippen LogP contribution in [0.3, 0.4) is 0 Å². The number of benzene rings is 1. The van der Waals surface area contributed by atoms with Crippen LogP contribution in [-0.2, 0) is 4.74 Å². The third-order valence-corrected chi connectivity index (χ3v) is 4.61. The molecule has 0 bridgehead atoms. The van der Waals surface area contributed by atoms with E-state index in [1.54, 1.807) is 11.8 Å². The van der Waals surface area contributed by atoms with Gasteiger partial charge in [0, 0.05) is 34.2 Å². The zero-order chi connectivity index (χ0) is 15.8. The number of ether oxygens (including phenoxy) is 1. The second kappa shape index (κ2) is 10.6. The fraction of sp³-hybridized carbons (Fsp3) is 0.562. The molecule has 1 aromatic carbocycles. The molecular weight excluding hydrogens is 445 g/mol. The van der Waals surface area contributed by atoms with E-state index in [0.717, 1.165) is 49.6 Å². The predicted molar refractivity (Wildman–Crippen MR) is 110 cm³/mol. The predicted octanol–water partition coefficient (Wildman–Crippen LogP) is 3.64. The highest BCUT2D eigenvalue weighted by Crippen LogP contribution is 2.26. The van der Waals surface area contributed by atoms with Crippen molar-refractivity contribution >= 4 is 53.3 Å². The molecule has 4 nitrogen and oxygen atoms in total. The van der Waals surface area contributed by atoms with Crippen LogP contribution in [0.25, 0.3) is 0 Å². The molecule has 1 aromatic rings. The van der Waals surface area contributed by atoms with Crippen LogP contribution in [0, 0.1) is 5.41 Å². The highest BCUT2D eigenvalue weighted by molar-refractivity contribution is 14.0. The van der Waals surface area contributed by atoms with E-state index in [4.69, 9.17) is 16.3 Å². The summed E-state index contributed by atoms with van der Waals surface area (Å²) in [5.41, 5.74) is 0.209. The molecular formula is C16H25ClIN3OS. The molecule has 0 unspecified atom stereocenters. The van der Waals surface area contributed by atoms with Gasteiger partial charge in [-0.15, -0.1) is 35.7 Å². The van der Waals surface area contributed by atoms with E-state index < -0.39 is 0 Å². The van der Waals surface area contributed by atoms with E-state index in [1.165, 1.54) is 4.90 Å². The van der Waals surface area contributed by atoms with Gasteiger partial charge in [0.25, 0.3) is 0 Å². The molecule has 23 heavy (non-hydrogen) atoms. The lowest BCUT2D eigenvalue weighted by Gasteiger charge is -2.36. The van der Waals surface area contributed by atoms with Gasteiger partial charge >= 0.3 is 0 Å². The number of guanidine groups is 1. The largest absolute Gasteiger partial charge is 0.380 e. The first-order valence-corrected chi connectivity index (χ1v) is 8.96. The highest BCUT2D eigenvalue weighted by atomic mass is 127. The molecule has 0 spiro atoms. The number of halogens is 2. The van der Waals surface area contributed by atoms with Crippen LogP contribution < -0.4 is 10.6 Å². The summed E-state index contributed by atoms with van der Waals surface area (Å²) < 4.78 is 5.26. The molecule has 0 aliphatic carbocycles. The molecule has 0 radical (unpaired) electrons. The molecule has 1 fully saturated rings. The van der Waals surface area contributed by atoms with E-state index in [0.29, 0.717) is 0 Å². The van der Waals surface area contributed by atoms with Gasteiger partial charge < -0.3 is 15.4 Å². The van der Waals surface area contributed by atoms with Gasteiger partial charge in [0.15, 0.2) is 5.96 Å². The van der Waals surface area contributed by atoms with Crippen molar-refractivity contribution in [2.45, 2.75) is 18.7 Å². The minimum absolute atomic E-state index is 0. The number of nitrogens with one attached hydrogen (secondary N) is 2. The van der Waals surface area contributed by atoms with Crippen LogP contribution in [0.1, 0.15) is 13.8 Å². The van der Waals surface area contributed by atoms with Crippen molar-refractivity contribution in [1.82, 2.24) is 10.6 Å². The molecule has 1 saturated heterocycles. The van der Waals surface area contributed by atoms with Crippen LogP contribution in [0.5, 0.6) is 0 Å². The van der Waals surface area contributed by atoms with Gasteiger partial charge in [-0.05, 0) is 31.2 Å². The average molecular weight is 470 g/mol. The molecule has 0 saturated carbocycles. The number of hydrogen-bond acceptors (Lipinski definition) is 3. The van der Waals surface area contributed by atoms with Gasteiger partial charge in [0.05, 0.1) is 19.8 Å². The Morgan fingerprint density at radius 1 is 1.30 bits per heavy atom. The first-order chi connectivity index (χ1) is 10.6. The van der Waals surface area contributed by atoms with Gasteiger partial charge in [0.2, 0.25) is 0 Å². The Morgan fingerprint density at radius 3 is 2.57 bits per heavy atom. The van der Waals surface area contributed by atoms with Crippen molar-refractivity contribution in [2.24, 2.45) is 10.4 Å². The van der Waals surface area contributed by atoms with E-state index in [2.05, 4.69) is 29.5 Å². The minimum Gasteiger partial charge on any atom is -0.380 e. The fourth-order valence-corrected chi connectivity index (χ4v) is 2.92. The summed E-state index contributed by atoms with van der Waals surface area (Å²) in [5.74, 6) is 1.86. The summed E-state index contributed by atoms with van der Waals surface area (Å²) in [7, 11) is 0. The Hall–Kier alpha value is -0.180. The van der Waals surface area contributed by atoms with E-state index in [1.807, 2.05) is 24.3 Å². The number of thioether (sulfide) groups is 1. The Balaban J connectivity index is 0.00000264. The molecule has 2 N–H and O–H groups in total. The zero-order valence-corrected chi connectivity index (χ0v) is 17.5. The van der Waals surface area contributed by atoms with Crippen LogP contribution in [-0.4, -0.2) is 44.6 Å². The average Bonchev–Trinajstić information content (AvgIpc) is 2.49. The summed E-state index contributed by atoms with van der Waals surface area (Å²) in [4.78, 5) is 5.88. The van der Waals surface area contributed by atoms with E-state index in [-0.39, 0.29) is 29.4 Å². The summed E-state index contributed by atoms with van der Waals surface area (Å²) >= 11 is 7.69. The minimum atomic E-state index is 0. The molecule has 2 rings (SSSR count). The van der Waals surface area contributed by atoms with Crippen molar-refractivity contribution in [3.8, 4) is 0 Å². The smallest absolute Gasteiger partial charge is 0.191 e. The maximum absolute atomic E-state index is 5.88. The number of nitrogens with zero attached hydrogens (tertiary/aromatic N) is 1. The molecule has 0 atom stereocenters. The Labute approximate surface area is 165 Å². The van der Waals surface area contributed by atoms with Crippen molar-refractivity contribution in [2.75, 3.05) is 38.6 Å². The number of aliphatic imine (C=N–C) groups is 1. The molecule has 7 heteroatoms. The Bertz CT molecular complexity index is 495. The summed E-state index contributed by atoms with van der Waals surface area (Å²) in [6.07, 6.45) is 0. The van der Waals surface area contributed by atoms with Crippen LogP contribution in [0.2, 0.25) is 5.02 Å². The first-order valence-electron chi connectivity index (χ1n) is 7.60. The molecule has 1 aliphatic rings. The summed E-state index contributed by atoms with van der Waals surface area (Å²) in [6.45, 7) is 8.43. The molecule has 0 aromatic heterocycles. The number of rotatable bonds is 7. The third kappa shape index (κ3) is 7.49. The summed E-state index contributed by atoms with van der Waals surface area (Å²) in [5, 5.41) is 7.43. The second-order valence-corrected chi connectivity index (χ2v) is 7.33.